The molecule has 28 heavy (non-hydrogen) atoms. The van der Waals surface area contributed by atoms with Gasteiger partial charge in [0.25, 0.3) is 0 Å². The quantitative estimate of drug-likeness (QED) is 0.416. The molecule has 1 aliphatic rings. The lowest BCUT2D eigenvalue weighted by molar-refractivity contribution is 0.592. The molecule has 1 aliphatic heterocycles. The molecule has 0 amide bonds. The Hall–Kier alpha value is -1.79. The van der Waals surface area contributed by atoms with Crippen LogP contribution in [0.25, 0.3) is 0 Å². The number of aromatic nitrogens is 3. The van der Waals surface area contributed by atoms with Crippen molar-refractivity contribution in [1.82, 2.24) is 25.4 Å². The number of hydrogen-bond acceptors (Lipinski definition) is 3. The Morgan fingerprint density at radius 2 is 2.07 bits per heavy atom. The molecule has 2 aromatic rings. The van der Waals surface area contributed by atoms with Crippen LogP contribution in [0.15, 0.2) is 23.2 Å². The highest BCUT2D eigenvalue weighted by molar-refractivity contribution is 6.42. The first kappa shape index (κ1) is 20.9. The molecule has 1 aromatic heterocycles. The standard InChI is InChI=1S/C20H28Cl2N6/c1-14(15-9-10-16(21)17(22)13-15)25-20(23-2)24-11-6-8-19-27-26-18-7-4-3-5-12-28(18)19/h9-10,13-14H,3-8,11-12H2,1-2H3,(H2,23,24,25). The van der Waals surface area contributed by atoms with E-state index in [2.05, 4.69) is 37.3 Å². The molecule has 0 spiro atoms. The second-order valence-electron chi connectivity index (χ2n) is 7.14. The Labute approximate surface area is 176 Å². The monoisotopic (exact) mass is 422 g/mol. The van der Waals surface area contributed by atoms with Gasteiger partial charge >= 0.3 is 0 Å². The summed E-state index contributed by atoms with van der Waals surface area (Å²) >= 11 is 12.1. The van der Waals surface area contributed by atoms with E-state index in [4.69, 9.17) is 23.2 Å². The summed E-state index contributed by atoms with van der Waals surface area (Å²) in [4.78, 5) is 4.31. The molecular formula is C20H28Cl2N6. The lowest BCUT2D eigenvalue weighted by Gasteiger charge is -2.18. The van der Waals surface area contributed by atoms with Crippen molar-refractivity contribution < 1.29 is 0 Å². The second kappa shape index (κ2) is 10.1. The highest BCUT2D eigenvalue weighted by Crippen LogP contribution is 2.25. The van der Waals surface area contributed by atoms with Crippen molar-refractivity contribution in [2.75, 3.05) is 13.6 Å². The van der Waals surface area contributed by atoms with Crippen molar-refractivity contribution in [3.63, 3.8) is 0 Å². The minimum atomic E-state index is 0.0632. The molecule has 1 aromatic carbocycles. The number of hydrogen-bond donors (Lipinski definition) is 2. The van der Waals surface area contributed by atoms with Gasteiger partial charge in [0.15, 0.2) is 5.96 Å². The average Bonchev–Trinajstić information content (AvgIpc) is 2.92. The van der Waals surface area contributed by atoms with Crippen LogP contribution >= 0.6 is 23.2 Å². The Kier molecular flexibility index (Phi) is 7.57. The molecule has 0 bridgehead atoms. The van der Waals surface area contributed by atoms with Crippen molar-refractivity contribution in [3.8, 4) is 0 Å². The fourth-order valence-corrected chi connectivity index (χ4v) is 3.75. The minimum absolute atomic E-state index is 0.0632. The molecule has 2 heterocycles. The van der Waals surface area contributed by atoms with E-state index in [0.717, 1.165) is 55.5 Å². The lowest BCUT2D eigenvalue weighted by Crippen LogP contribution is -2.39. The summed E-state index contributed by atoms with van der Waals surface area (Å²) in [6, 6.07) is 5.73. The first-order valence-corrected chi connectivity index (χ1v) is 10.7. The van der Waals surface area contributed by atoms with Crippen LogP contribution in [0.2, 0.25) is 10.0 Å². The summed E-state index contributed by atoms with van der Waals surface area (Å²) in [5.41, 5.74) is 1.06. The van der Waals surface area contributed by atoms with Crippen LogP contribution in [0, 0.1) is 0 Å². The third kappa shape index (κ3) is 5.39. The summed E-state index contributed by atoms with van der Waals surface area (Å²) in [6.07, 6.45) is 6.66. The van der Waals surface area contributed by atoms with Crippen LogP contribution in [0.1, 0.15) is 55.9 Å². The Bertz CT molecular complexity index is 817. The number of nitrogens with one attached hydrogen (secondary N) is 2. The zero-order valence-electron chi connectivity index (χ0n) is 16.5. The smallest absolute Gasteiger partial charge is 0.191 e. The van der Waals surface area contributed by atoms with Crippen LogP contribution in [-0.4, -0.2) is 34.3 Å². The molecule has 0 radical (unpaired) electrons. The predicted octanol–water partition coefficient (Wildman–Crippen LogP) is 4.17. The van der Waals surface area contributed by atoms with Crippen LogP contribution in [0.5, 0.6) is 0 Å². The van der Waals surface area contributed by atoms with Gasteiger partial charge in [-0.25, -0.2) is 0 Å². The molecule has 3 rings (SSSR count). The highest BCUT2D eigenvalue weighted by Gasteiger charge is 2.14. The van der Waals surface area contributed by atoms with Crippen LogP contribution < -0.4 is 10.6 Å². The Morgan fingerprint density at radius 1 is 1.21 bits per heavy atom. The van der Waals surface area contributed by atoms with Gasteiger partial charge in [0.2, 0.25) is 0 Å². The summed E-state index contributed by atoms with van der Waals surface area (Å²) in [5.74, 6) is 3.01. The van der Waals surface area contributed by atoms with Gasteiger partial charge in [-0.05, 0) is 43.9 Å². The van der Waals surface area contributed by atoms with E-state index in [1.807, 2.05) is 18.2 Å². The molecule has 2 N–H and O–H groups in total. The topological polar surface area (TPSA) is 67.1 Å². The van der Waals surface area contributed by atoms with Crippen molar-refractivity contribution in [2.45, 2.75) is 58.0 Å². The Morgan fingerprint density at radius 3 is 2.86 bits per heavy atom. The van der Waals surface area contributed by atoms with Gasteiger partial charge in [-0.1, -0.05) is 35.7 Å². The second-order valence-corrected chi connectivity index (χ2v) is 7.95. The molecule has 1 atom stereocenters. The molecule has 8 heteroatoms. The summed E-state index contributed by atoms with van der Waals surface area (Å²) in [6.45, 7) is 3.93. The van der Waals surface area contributed by atoms with E-state index in [1.54, 1.807) is 7.05 Å². The fraction of sp³-hybridized carbons (Fsp3) is 0.550. The van der Waals surface area contributed by atoms with Crippen LogP contribution in [-0.2, 0) is 19.4 Å². The lowest BCUT2D eigenvalue weighted by atomic mass is 10.1. The molecular weight excluding hydrogens is 395 g/mol. The highest BCUT2D eigenvalue weighted by atomic mass is 35.5. The molecule has 1 unspecified atom stereocenters. The zero-order valence-corrected chi connectivity index (χ0v) is 18.0. The van der Waals surface area contributed by atoms with E-state index < -0.39 is 0 Å². The van der Waals surface area contributed by atoms with Crippen molar-refractivity contribution in [1.29, 1.82) is 0 Å². The van der Waals surface area contributed by atoms with E-state index in [-0.39, 0.29) is 6.04 Å². The molecule has 152 valence electrons. The van der Waals surface area contributed by atoms with Gasteiger partial charge < -0.3 is 15.2 Å². The van der Waals surface area contributed by atoms with Gasteiger partial charge in [-0.15, -0.1) is 10.2 Å². The van der Waals surface area contributed by atoms with E-state index >= 15 is 0 Å². The number of guanidine groups is 1. The maximum atomic E-state index is 6.12. The number of fused-ring (bicyclic) bond motifs is 1. The van der Waals surface area contributed by atoms with Crippen LogP contribution in [0.4, 0.5) is 0 Å². The summed E-state index contributed by atoms with van der Waals surface area (Å²) in [5, 5.41) is 16.6. The first-order valence-electron chi connectivity index (χ1n) is 9.91. The molecule has 0 fully saturated rings. The first-order chi connectivity index (χ1) is 13.6. The zero-order chi connectivity index (χ0) is 19.9. The molecule has 0 saturated heterocycles. The van der Waals surface area contributed by atoms with E-state index in [1.165, 1.54) is 19.3 Å². The maximum absolute atomic E-state index is 6.12. The Balaban J connectivity index is 1.47. The third-order valence-corrected chi connectivity index (χ3v) is 5.82. The molecule has 0 saturated carbocycles. The van der Waals surface area contributed by atoms with Crippen LogP contribution in [0.3, 0.4) is 0 Å². The molecule has 0 aliphatic carbocycles. The SMILES string of the molecule is CN=C(NCCCc1nnc2n1CCCCC2)NC(C)c1ccc(Cl)c(Cl)c1. The molecule has 6 nitrogen and oxygen atoms in total. The van der Waals surface area contributed by atoms with Crippen molar-refractivity contribution >= 4 is 29.2 Å². The number of rotatable bonds is 6. The average molecular weight is 423 g/mol. The van der Waals surface area contributed by atoms with Gasteiger partial charge in [-0.3, -0.25) is 4.99 Å². The predicted molar refractivity (Wildman–Crippen MR) is 115 cm³/mol. The van der Waals surface area contributed by atoms with E-state index in [0.29, 0.717) is 10.0 Å². The van der Waals surface area contributed by atoms with Gasteiger partial charge in [-0.2, -0.15) is 0 Å². The van der Waals surface area contributed by atoms with Gasteiger partial charge in [0, 0.05) is 33.0 Å². The van der Waals surface area contributed by atoms with Gasteiger partial charge in [0.05, 0.1) is 16.1 Å². The fourth-order valence-electron chi connectivity index (χ4n) is 3.45. The number of aryl methyl sites for hydroxylation is 2. The third-order valence-electron chi connectivity index (χ3n) is 5.08. The number of halogens is 2. The van der Waals surface area contributed by atoms with Gasteiger partial charge in [0.1, 0.15) is 11.6 Å². The maximum Gasteiger partial charge on any atom is 0.191 e. The summed E-state index contributed by atoms with van der Waals surface area (Å²) in [7, 11) is 1.77. The number of aliphatic imine (C=N–C) groups is 1. The number of benzene rings is 1. The van der Waals surface area contributed by atoms with Crippen molar-refractivity contribution in [2.24, 2.45) is 4.99 Å². The minimum Gasteiger partial charge on any atom is -0.356 e. The van der Waals surface area contributed by atoms with Crippen molar-refractivity contribution in [3.05, 3.63) is 45.5 Å². The summed E-state index contributed by atoms with van der Waals surface area (Å²) < 4.78 is 2.31. The normalized spacial score (nSPS) is 15.6. The largest absolute Gasteiger partial charge is 0.356 e. The number of nitrogens with zero attached hydrogens (tertiary/aromatic N) is 4. The van der Waals surface area contributed by atoms with E-state index in [9.17, 15) is 0 Å².